The molecule has 1 spiro atoms. The van der Waals surface area contributed by atoms with Crippen LogP contribution in [0.5, 0.6) is 0 Å². The standard InChI is InChI=1S/C21H31N7O/c1-26(2)14-11-23-20(29)19-25-24-18-6-7-21(16-28(18)19)8-12-27(13-9-21)15-17-5-3-4-10-22-17/h3-5,10H,6-9,11-16H2,1-2H3,(H,23,29). The van der Waals surface area contributed by atoms with E-state index in [9.17, 15) is 4.79 Å². The molecular formula is C21H31N7O. The quantitative estimate of drug-likeness (QED) is 0.789. The van der Waals surface area contributed by atoms with Gasteiger partial charge in [-0.1, -0.05) is 6.07 Å². The molecule has 2 aromatic rings. The Morgan fingerprint density at radius 1 is 1.21 bits per heavy atom. The van der Waals surface area contributed by atoms with Crippen molar-refractivity contribution in [3.05, 3.63) is 41.7 Å². The third-order valence-corrected chi connectivity index (χ3v) is 6.28. The van der Waals surface area contributed by atoms with Crippen molar-refractivity contribution in [2.45, 2.75) is 38.8 Å². The van der Waals surface area contributed by atoms with Crippen LogP contribution in [0.2, 0.25) is 0 Å². The van der Waals surface area contributed by atoms with E-state index in [2.05, 4.69) is 36.0 Å². The molecule has 1 fully saturated rings. The Hall–Kier alpha value is -2.32. The van der Waals surface area contributed by atoms with Crippen molar-refractivity contribution < 1.29 is 4.79 Å². The summed E-state index contributed by atoms with van der Waals surface area (Å²) in [4.78, 5) is 21.6. The summed E-state index contributed by atoms with van der Waals surface area (Å²) in [7, 11) is 3.99. The van der Waals surface area contributed by atoms with Gasteiger partial charge in [0.1, 0.15) is 5.82 Å². The maximum atomic E-state index is 12.6. The molecule has 2 aliphatic rings. The topological polar surface area (TPSA) is 79.2 Å². The summed E-state index contributed by atoms with van der Waals surface area (Å²) in [5, 5.41) is 11.5. The van der Waals surface area contributed by atoms with Gasteiger partial charge in [0, 0.05) is 38.8 Å². The van der Waals surface area contributed by atoms with E-state index in [-0.39, 0.29) is 11.3 Å². The van der Waals surface area contributed by atoms with Crippen molar-refractivity contribution >= 4 is 5.91 Å². The first kappa shape index (κ1) is 20.0. The fourth-order valence-corrected chi connectivity index (χ4v) is 4.43. The van der Waals surface area contributed by atoms with Crippen molar-refractivity contribution in [3.63, 3.8) is 0 Å². The Labute approximate surface area is 172 Å². The van der Waals surface area contributed by atoms with Crippen LogP contribution >= 0.6 is 0 Å². The minimum absolute atomic E-state index is 0.116. The molecule has 0 unspecified atom stereocenters. The molecule has 156 valence electrons. The molecule has 2 aliphatic heterocycles. The number of fused-ring (bicyclic) bond motifs is 1. The summed E-state index contributed by atoms with van der Waals surface area (Å²) in [5.41, 5.74) is 1.37. The predicted octanol–water partition coefficient (Wildman–Crippen LogP) is 1.19. The average Bonchev–Trinajstić information content (AvgIpc) is 3.13. The molecule has 1 saturated heterocycles. The van der Waals surface area contributed by atoms with Crippen molar-refractivity contribution in [2.75, 3.05) is 40.3 Å². The van der Waals surface area contributed by atoms with Gasteiger partial charge >= 0.3 is 0 Å². The van der Waals surface area contributed by atoms with Crippen LogP contribution in [0.4, 0.5) is 0 Å². The van der Waals surface area contributed by atoms with E-state index in [1.165, 1.54) is 0 Å². The number of piperidine rings is 1. The van der Waals surface area contributed by atoms with Gasteiger partial charge in [0.2, 0.25) is 5.82 Å². The lowest BCUT2D eigenvalue weighted by molar-refractivity contribution is 0.0612. The van der Waals surface area contributed by atoms with E-state index < -0.39 is 0 Å². The third kappa shape index (κ3) is 4.64. The average molecular weight is 398 g/mol. The molecule has 2 aromatic heterocycles. The first-order chi connectivity index (χ1) is 14.0. The van der Waals surface area contributed by atoms with Crippen LogP contribution in [0, 0.1) is 5.41 Å². The zero-order valence-corrected chi connectivity index (χ0v) is 17.5. The number of nitrogens with one attached hydrogen (secondary N) is 1. The number of hydrogen-bond acceptors (Lipinski definition) is 6. The number of amides is 1. The summed E-state index contributed by atoms with van der Waals surface area (Å²) in [6.07, 6.45) is 6.17. The Bertz CT molecular complexity index is 825. The molecule has 0 aliphatic carbocycles. The van der Waals surface area contributed by atoms with Gasteiger partial charge in [-0.25, -0.2) is 0 Å². The number of pyridine rings is 1. The summed E-state index contributed by atoms with van der Waals surface area (Å²) in [6.45, 7) is 5.32. The van der Waals surface area contributed by atoms with Gasteiger partial charge < -0.3 is 14.8 Å². The minimum Gasteiger partial charge on any atom is -0.348 e. The molecule has 4 rings (SSSR count). The van der Waals surface area contributed by atoms with Gasteiger partial charge in [-0.15, -0.1) is 10.2 Å². The Kier molecular flexibility index (Phi) is 5.91. The SMILES string of the molecule is CN(C)CCNC(=O)c1nnc2n1CC1(CC2)CCN(Cc2ccccn2)CC1. The first-order valence-corrected chi connectivity index (χ1v) is 10.5. The highest BCUT2D eigenvalue weighted by Crippen LogP contribution is 2.41. The lowest BCUT2D eigenvalue weighted by atomic mass is 9.73. The van der Waals surface area contributed by atoms with E-state index in [1.54, 1.807) is 0 Å². The summed E-state index contributed by atoms with van der Waals surface area (Å²) in [6, 6.07) is 6.10. The van der Waals surface area contributed by atoms with Crippen molar-refractivity contribution in [1.29, 1.82) is 0 Å². The largest absolute Gasteiger partial charge is 0.348 e. The van der Waals surface area contributed by atoms with E-state index in [0.29, 0.717) is 12.4 Å². The molecule has 4 heterocycles. The fraction of sp³-hybridized carbons (Fsp3) is 0.619. The maximum absolute atomic E-state index is 12.6. The van der Waals surface area contributed by atoms with Crippen LogP contribution in [0.1, 0.15) is 41.4 Å². The van der Waals surface area contributed by atoms with Crippen LogP contribution < -0.4 is 5.32 Å². The minimum atomic E-state index is -0.116. The second-order valence-corrected chi connectivity index (χ2v) is 8.68. The molecule has 8 heteroatoms. The molecule has 0 radical (unpaired) electrons. The van der Waals surface area contributed by atoms with Gasteiger partial charge in [0.15, 0.2) is 0 Å². The number of likely N-dealkylation sites (tertiary alicyclic amines) is 1. The van der Waals surface area contributed by atoms with Gasteiger partial charge in [0.25, 0.3) is 5.91 Å². The zero-order valence-electron chi connectivity index (χ0n) is 17.5. The summed E-state index contributed by atoms with van der Waals surface area (Å²) in [5.74, 6) is 1.30. The molecule has 0 aromatic carbocycles. The Balaban J connectivity index is 1.37. The Morgan fingerprint density at radius 3 is 2.76 bits per heavy atom. The summed E-state index contributed by atoms with van der Waals surface area (Å²) < 4.78 is 2.07. The lowest BCUT2D eigenvalue weighted by Crippen LogP contribution is -2.45. The smallest absolute Gasteiger partial charge is 0.289 e. The summed E-state index contributed by atoms with van der Waals surface area (Å²) >= 11 is 0. The van der Waals surface area contributed by atoms with Gasteiger partial charge in [0.05, 0.1) is 5.69 Å². The van der Waals surface area contributed by atoms with E-state index in [0.717, 1.165) is 69.9 Å². The monoisotopic (exact) mass is 397 g/mol. The lowest BCUT2D eigenvalue weighted by Gasteiger charge is -2.44. The Morgan fingerprint density at radius 2 is 2.03 bits per heavy atom. The molecular weight excluding hydrogens is 366 g/mol. The molecule has 1 amide bonds. The number of likely N-dealkylation sites (N-methyl/N-ethyl adjacent to an activating group) is 1. The van der Waals surface area contributed by atoms with Crippen LogP contribution in [0.3, 0.4) is 0 Å². The van der Waals surface area contributed by atoms with Gasteiger partial charge in [-0.05, 0) is 64.0 Å². The second-order valence-electron chi connectivity index (χ2n) is 8.68. The molecule has 8 nitrogen and oxygen atoms in total. The third-order valence-electron chi connectivity index (χ3n) is 6.28. The molecule has 0 bridgehead atoms. The number of rotatable bonds is 6. The van der Waals surface area contributed by atoms with Crippen LogP contribution in [0.25, 0.3) is 0 Å². The second kappa shape index (κ2) is 8.59. The number of aromatic nitrogens is 4. The van der Waals surface area contributed by atoms with Crippen LogP contribution in [0.15, 0.2) is 24.4 Å². The number of aryl methyl sites for hydroxylation is 1. The number of carbonyl (C=O) groups is 1. The van der Waals surface area contributed by atoms with Crippen molar-refractivity contribution in [1.82, 2.24) is 34.9 Å². The zero-order chi connectivity index (χ0) is 20.3. The number of carbonyl (C=O) groups excluding carboxylic acids is 1. The molecule has 0 atom stereocenters. The van der Waals surface area contributed by atoms with Crippen LogP contribution in [-0.4, -0.2) is 75.7 Å². The first-order valence-electron chi connectivity index (χ1n) is 10.5. The molecule has 29 heavy (non-hydrogen) atoms. The van der Waals surface area contributed by atoms with Crippen molar-refractivity contribution in [2.24, 2.45) is 5.41 Å². The normalized spacial score (nSPS) is 18.7. The molecule has 0 saturated carbocycles. The fourth-order valence-electron chi connectivity index (χ4n) is 4.43. The van der Waals surface area contributed by atoms with E-state index in [1.807, 2.05) is 37.3 Å². The van der Waals surface area contributed by atoms with E-state index in [4.69, 9.17) is 0 Å². The number of nitrogens with zero attached hydrogens (tertiary/aromatic N) is 6. The van der Waals surface area contributed by atoms with Gasteiger partial charge in [-0.2, -0.15) is 0 Å². The highest BCUT2D eigenvalue weighted by Gasteiger charge is 2.39. The predicted molar refractivity (Wildman–Crippen MR) is 110 cm³/mol. The molecule has 1 N–H and O–H groups in total. The highest BCUT2D eigenvalue weighted by atomic mass is 16.2. The van der Waals surface area contributed by atoms with Crippen molar-refractivity contribution in [3.8, 4) is 0 Å². The van der Waals surface area contributed by atoms with Crippen LogP contribution in [-0.2, 0) is 19.5 Å². The van der Waals surface area contributed by atoms with E-state index >= 15 is 0 Å². The highest BCUT2D eigenvalue weighted by molar-refractivity contribution is 5.90. The number of hydrogen-bond donors (Lipinski definition) is 1. The van der Waals surface area contributed by atoms with Gasteiger partial charge in [-0.3, -0.25) is 14.7 Å². The maximum Gasteiger partial charge on any atom is 0.289 e.